The van der Waals surface area contributed by atoms with E-state index in [0.717, 1.165) is 28.1 Å². The molecule has 136 valence electrons. The van der Waals surface area contributed by atoms with E-state index < -0.39 is 0 Å². The lowest BCUT2D eigenvalue weighted by molar-refractivity contribution is 0.255. The topological polar surface area (TPSA) is 59.9 Å². The molecule has 2 aromatic carbocycles. The quantitative estimate of drug-likeness (QED) is 0.655. The predicted octanol–water partition coefficient (Wildman–Crippen LogP) is 4.88. The first-order valence-corrected chi connectivity index (χ1v) is 9.86. The van der Waals surface area contributed by atoms with E-state index in [4.69, 9.17) is 4.74 Å². The molecular formula is C21H20N4OS. The van der Waals surface area contributed by atoms with Crippen molar-refractivity contribution in [1.82, 2.24) is 15.2 Å². The largest absolute Gasteiger partial charge is 0.448 e. The summed E-state index contributed by atoms with van der Waals surface area (Å²) in [6.07, 6.45) is 1.77. The summed E-state index contributed by atoms with van der Waals surface area (Å²) in [6, 6.07) is 18.2. The second-order valence-corrected chi connectivity index (χ2v) is 7.40. The van der Waals surface area contributed by atoms with Crippen molar-refractivity contribution in [3.63, 3.8) is 0 Å². The van der Waals surface area contributed by atoms with Crippen molar-refractivity contribution in [2.75, 3.05) is 11.1 Å². The van der Waals surface area contributed by atoms with Crippen molar-refractivity contribution >= 4 is 23.5 Å². The molecule has 0 aliphatic carbocycles. The highest BCUT2D eigenvalue weighted by Crippen LogP contribution is 2.37. The van der Waals surface area contributed by atoms with E-state index in [1.54, 1.807) is 11.8 Å². The van der Waals surface area contributed by atoms with Crippen molar-refractivity contribution in [1.29, 1.82) is 0 Å². The molecule has 0 bridgehead atoms. The molecular weight excluding hydrogens is 356 g/mol. The van der Waals surface area contributed by atoms with E-state index in [2.05, 4.69) is 52.6 Å². The van der Waals surface area contributed by atoms with Gasteiger partial charge in [-0.2, -0.15) is 4.98 Å². The van der Waals surface area contributed by atoms with Gasteiger partial charge in [-0.25, -0.2) is 0 Å². The molecule has 5 nitrogen and oxygen atoms in total. The van der Waals surface area contributed by atoms with Crippen LogP contribution in [0.1, 0.15) is 19.4 Å². The number of thioether (sulfide) groups is 1. The van der Waals surface area contributed by atoms with Gasteiger partial charge < -0.3 is 10.1 Å². The molecule has 0 saturated carbocycles. The van der Waals surface area contributed by atoms with Crippen molar-refractivity contribution in [3.8, 4) is 17.1 Å². The van der Waals surface area contributed by atoms with Crippen molar-refractivity contribution < 1.29 is 4.74 Å². The van der Waals surface area contributed by atoms with Gasteiger partial charge in [0.15, 0.2) is 11.9 Å². The Kier molecular flexibility index (Phi) is 5.07. The molecule has 4 rings (SSSR count). The Bertz CT molecular complexity index is 975. The van der Waals surface area contributed by atoms with Gasteiger partial charge in [-0.3, -0.25) is 0 Å². The second kappa shape index (κ2) is 7.80. The first-order chi connectivity index (χ1) is 13.2. The first kappa shape index (κ1) is 17.5. The summed E-state index contributed by atoms with van der Waals surface area (Å²) in [4.78, 5) is 4.60. The molecule has 27 heavy (non-hydrogen) atoms. The van der Waals surface area contributed by atoms with Gasteiger partial charge >= 0.3 is 0 Å². The highest BCUT2D eigenvalue weighted by atomic mass is 32.2. The predicted molar refractivity (Wildman–Crippen MR) is 110 cm³/mol. The SMILES string of the molecule is CCSc1nnc2c(n1)OC(/C(C)=C/c1ccccc1)Nc1ccccc1-2. The first-order valence-electron chi connectivity index (χ1n) is 8.88. The number of nitrogens with zero attached hydrogens (tertiary/aromatic N) is 3. The van der Waals surface area contributed by atoms with Crippen LogP contribution in [0.4, 0.5) is 5.69 Å². The molecule has 2 heterocycles. The number of rotatable bonds is 4. The Morgan fingerprint density at radius 1 is 1.11 bits per heavy atom. The van der Waals surface area contributed by atoms with Gasteiger partial charge in [-0.1, -0.05) is 73.3 Å². The normalized spacial score (nSPS) is 15.8. The Morgan fingerprint density at radius 3 is 2.70 bits per heavy atom. The second-order valence-electron chi connectivity index (χ2n) is 6.17. The average molecular weight is 376 g/mol. The minimum atomic E-state index is -0.344. The lowest BCUT2D eigenvalue weighted by atomic mass is 10.1. The maximum absolute atomic E-state index is 6.25. The lowest BCUT2D eigenvalue weighted by Gasteiger charge is -2.20. The fourth-order valence-corrected chi connectivity index (χ4v) is 3.44. The minimum Gasteiger partial charge on any atom is -0.448 e. The van der Waals surface area contributed by atoms with E-state index in [-0.39, 0.29) is 6.23 Å². The molecule has 0 radical (unpaired) electrons. The zero-order valence-corrected chi connectivity index (χ0v) is 16.0. The maximum Gasteiger partial charge on any atom is 0.247 e. The molecule has 1 N–H and O–H groups in total. The van der Waals surface area contributed by atoms with Crippen molar-refractivity contribution in [2.45, 2.75) is 25.2 Å². The molecule has 0 saturated heterocycles. The Hall–Kier alpha value is -2.86. The van der Waals surface area contributed by atoms with Crippen LogP contribution in [0.2, 0.25) is 0 Å². The molecule has 1 atom stereocenters. The standard InChI is InChI=1S/C21H20N4OS/c1-3-27-21-23-20-18(24-25-21)16-11-7-8-12-17(16)22-19(26-20)14(2)13-15-9-5-4-6-10-15/h4-13,19,22H,3H2,1-2H3/b14-13+. The molecule has 6 heteroatoms. The van der Waals surface area contributed by atoms with Gasteiger partial charge in [0.1, 0.15) is 0 Å². The zero-order chi connectivity index (χ0) is 18.6. The number of nitrogens with one attached hydrogen (secondary N) is 1. The minimum absolute atomic E-state index is 0.344. The van der Waals surface area contributed by atoms with Gasteiger partial charge in [-0.05, 0) is 29.9 Å². The van der Waals surface area contributed by atoms with Crippen molar-refractivity contribution in [3.05, 3.63) is 65.7 Å². The summed E-state index contributed by atoms with van der Waals surface area (Å²) in [5.74, 6) is 1.38. The van der Waals surface area contributed by atoms with Crippen LogP contribution in [0.25, 0.3) is 17.3 Å². The van der Waals surface area contributed by atoms with Crippen LogP contribution in [0.15, 0.2) is 65.3 Å². The van der Waals surface area contributed by atoms with Crippen LogP contribution in [0.3, 0.4) is 0 Å². The van der Waals surface area contributed by atoms with Gasteiger partial charge in [0, 0.05) is 11.3 Å². The summed E-state index contributed by atoms with van der Waals surface area (Å²) in [7, 11) is 0. The number of fused-ring (bicyclic) bond motifs is 3. The highest BCUT2D eigenvalue weighted by Gasteiger charge is 2.25. The number of benzene rings is 2. The number of hydrogen-bond acceptors (Lipinski definition) is 6. The fourth-order valence-electron chi connectivity index (χ4n) is 2.93. The van der Waals surface area contributed by atoms with Crippen LogP contribution >= 0.6 is 11.8 Å². The van der Waals surface area contributed by atoms with Crippen LogP contribution in [0, 0.1) is 0 Å². The van der Waals surface area contributed by atoms with Gasteiger partial charge in [0.05, 0.1) is 0 Å². The molecule has 0 amide bonds. The third-order valence-electron chi connectivity index (χ3n) is 4.21. The Labute approximate surface area is 162 Å². The van der Waals surface area contributed by atoms with Crippen LogP contribution in [0.5, 0.6) is 5.88 Å². The summed E-state index contributed by atoms with van der Waals surface area (Å²) < 4.78 is 6.25. The molecule has 1 unspecified atom stereocenters. The molecule has 0 spiro atoms. The lowest BCUT2D eigenvalue weighted by Crippen LogP contribution is -2.27. The molecule has 1 aromatic heterocycles. The Morgan fingerprint density at radius 2 is 1.89 bits per heavy atom. The number of hydrogen-bond donors (Lipinski definition) is 1. The Balaban J connectivity index is 1.76. The summed E-state index contributed by atoms with van der Waals surface area (Å²) in [5.41, 5.74) is 4.73. The monoisotopic (exact) mass is 376 g/mol. The third kappa shape index (κ3) is 3.80. The van der Waals surface area contributed by atoms with Crippen LogP contribution in [-0.2, 0) is 0 Å². The maximum atomic E-state index is 6.25. The van der Waals surface area contributed by atoms with E-state index in [9.17, 15) is 0 Å². The van der Waals surface area contributed by atoms with Gasteiger partial charge in [0.2, 0.25) is 11.0 Å². The molecule has 3 aromatic rings. The molecule has 0 fully saturated rings. The van der Waals surface area contributed by atoms with E-state index in [1.807, 2.05) is 42.5 Å². The molecule has 1 aliphatic rings. The van der Waals surface area contributed by atoms with Crippen LogP contribution in [-0.4, -0.2) is 27.2 Å². The van der Waals surface area contributed by atoms with Crippen LogP contribution < -0.4 is 10.1 Å². The van der Waals surface area contributed by atoms with Crippen molar-refractivity contribution in [2.24, 2.45) is 0 Å². The summed E-state index contributed by atoms with van der Waals surface area (Å²) >= 11 is 1.55. The smallest absolute Gasteiger partial charge is 0.247 e. The number of ether oxygens (including phenoxy) is 1. The van der Waals surface area contributed by atoms with E-state index in [1.165, 1.54) is 0 Å². The van der Waals surface area contributed by atoms with E-state index in [0.29, 0.717) is 16.7 Å². The number of para-hydroxylation sites is 1. The fraction of sp³-hybridized carbons (Fsp3) is 0.190. The molecule has 1 aliphatic heterocycles. The number of aromatic nitrogens is 3. The zero-order valence-electron chi connectivity index (χ0n) is 15.2. The number of anilines is 1. The van der Waals surface area contributed by atoms with Gasteiger partial charge in [-0.15, -0.1) is 10.2 Å². The summed E-state index contributed by atoms with van der Waals surface area (Å²) in [5, 5.41) is 12.7. The third-order valence-corrected chi connectivity index (χ3v) is 4.93. The summed E-state index contributed by atoms with van der Waals surface area (Å²) in [6.45, 7) is 4.11. The van der Waals surface area contributed by atoms with E-state index >= 15 is 0 Å². The van der Waals surface area contributed by atoms with Gasteiger partial charge in [0.25, 0.3) is 0 Å². The average Bonchev–Trinajstić information content (AvgIpc) is 2.85. The highest BCUT2D eigenvalue weighted by molar-refractivity contribution is 7.99.